The number of benzene rings is 2. The maximum atomic E-state index is 8.81. The molecule has 1 saturated heterocycles. The highest BCUT2D eigenvalue weighted by Gasteiger charge is 2.20. The Labute approximate surface area is 187 Å². The van der Waals surface area contributed by atoms with E-state index in [1.165, 1.54) is 37.1 Å². The number of piperidine rings is 1. The number of hydrogen-bond donors (Lipinski definition) is 1. The van der Waals surface area contributed by atoms with E-state index in [1.54, 1.807) is 7.11 Å². The highest BCUT2D eigenvalue weighted by atomic mass is 16.5. The van der Waals surface area contributed by atoms with E-state index < -0.39 is 0 Å². The highest BCUT2D eigenvalue weighted by Crippen LogP contribution is 2.20. The van der Waals surface area contributed by atoms with Crippen LogP contribution in [-0.2, 0) is 13.0 Å². The zero-order valence-corrected chi connectivity index (χ0v) is 19.0. The van der Waals surface area contributed by atoms with Gasteiger partial charge in [-0.25, -0.2) is 0 Å². The zero-order chi connectivity index (χ0) is 21.9. The first-order chi connectivity index (χ1) is 15.2. The molecule has 1 aliphatic rings. The predicted octanol–water partition coefficient (Wildman–Crippen LogP) is 3.82. The summed E-state index contributed by atoms with van der Waals surface area (Å²) >= 11 is 0. The van der Waals surface area contributed by atoms with E-state index in [0.29, 0.717) is 6.42 Å². The molecule has 4 heteroatoms. The Morgan fingerprint density at radius 2 is 1.71 bits per heavy atom. The lowest BCUT2D eigenvalue weighted by molar-refractivity contribution is 0.153. The zero-order valence-electron chi connectivity index (χ0n) is 19.0. The van der Waals surface area contributed by atoms with Gasteiger partial charge in [-0.2, -0.15) is 0 Å². The number of aliphatic hydroxyl groups is 1. The quantitative estimate of drug-likeness (QED) is 0.626. The number of likely N-dealkylation sites (tertiary alicyclic amines) is 1. The molecule has 166 valence electrons. The van der Waals surface area contributed by atoms with E-state index in [0.717, 1.165) is 43.3 Å². The largest absolute Gasteiger partial charge is 0.497 e. The van der Waals surface area contributed by atoms with Crippen molar-refractivity contribution in [2.24, 2.45) is 5.92 Å². The van der Waals surface area contributed by atoms with Crippen molar-refractivity contribution in [3.8, 4) is 17.6 Å². The molecule has 3 rings (SSSR count). The smallest absolute Gasteiger partial charge is 0.118 e. The number of ether oxygens (including phenoxy) is 1. The third-order valence-electron chi connectivity index (χ3n) is 6.03. The molecule has 2 aromatic carbocycles. The standard InChI is InChI=1S/C27H36N2O2/c1-28(21-25-8-6-23(7-9-25)5-3-4-20-30)22-26-15-18-29(19-16-26)17-14-24-10-12-27(31-2)13-11-24/h6-13,26,30H,4,14-22H2,1-2H3. The second kappa shape index (κ2) is 12.5. The molecule has 0 spiro atoms. The molecule has 1 aliphatic heterocycles. The second-order valence-corrected chi connectivity index (χ2v) is 8.55. The first-order valence-corrected chi connectivity index (χ1v) is 11.4. The van der Waals surface area contributed by atoms with Crippen molar-refractivity contribution in [3.63, 3.8) is 0 Å². The summed E-state index contributed by atoms with van der Waals surface area (Å²) in [5.74, 6) is 7.77. The lowest BCUT2D eigenvalue weighted by atomic mass is 9.95. The third kappa shape index (κ3) is 8.03. The van der Waals surface area contributed by atoms with Crippen molar-refractivity contribution in [1.82, 2.24) is 9.80 Å². The summed E-state index contributed by atoms with van der Waals surface area (Å²) in [6, 6.07) is 16.9. The molecule has 4 nitrogen and oxygen atoms in total. The molecular formula is C27H36N2O2. The Morgan fingerprint density at radius 3 is 2.35 bits per heavy atom. The third-order valence-corrected chi connectivity index (χ3v) is 6.03. The Kier molecular flexibility index (Phi) is 9.42. The molecule has 0 unspecified atom stereocenters. The Bertz CT molecular complexity index is 828. The minimum Gasteiger partial charge on any atom is -0.497 e. The van der Waals surface area contributed by atoms with Gasteiger partial charge in [0.05, 0.1) is 13.7 Å². The number of methoxy groups -OCH3 is 1. The van der Waals surface area contributed by atoms with E-state index in [-0.39, 0.29) is 6.61 Å². The van der Waals surface area contributed by atoms with E-state index in [9.17, 15) is 0 Å². The summed E-state index contributed by atoms with van der Waals surface area (Å²) in [5, 5.41) is 8.81. The fraction of sp³-hybridized carbons (Fsp3) is 0.481. The van der Waals surface area contributed by atoms with Crippen LogP contribution in [-0.4, -0.2) is 61.8 Å². The van der Waals surface area contributed by atoms with Crippen LogP contribution in [0.3, 0.4) is 0 Å². The van der Waals surface area contributed by atoms with Crippen molar-refractivity contribution >= 4 is 0 Å². The van der Waals surface area contributed by atoms with Crippen molar-refractivity contribution in [2.45, 2.75) is 32.2 Å². The maximum Gasteiger partial charge on any atom is 0.118 e. The molecule has 31 heavy (non-hydrogen) atoms. The average molecular weight is 421 g/mol. The number of rotatable bonds is 9. The van der Waals surface area contributed by atoms with Crippen molar-refractivity contribution < 1.29 is 9.84 Å². The molecular weight excluding hydrogens is 384 g/mol. The number of aliphatic hydroxyl groups excluding tert-OH is 1. The monoisotopic (exact) mass is 420 g/mol. The lowest BCUT2D eigenvalue weighted by Crippen LogP contribution is -2.38. The summed E-state index contributed by atoms with van der Waals surface area (Å²) in [4.78, 5) is 5.06. The number of hydrogen-bond acceptors (Lipinski definition) is 4. The first kappa shape index (κ1) is 23.3. The van der Waals surface area contributed by atoms with Gasteiger partial charge in [0.15, 0.2) is 0 Å². The molecule has 0 aliphatic carbocycles. The average Bonchev–Trinajstić information content (AvgIpc) is 2.80. The maximum absolute atomic E-state index is 8.81. The van der Waals surface area contributed by atoms with Gasteiger partial charge in [0.25, 0.3) is 0 Å². The van der Waals surface area contributed by atoms with Crippen LogP contribution < -0.4 is 4.74 Å². The summed E-state index contributed by atoms with van der Waals surface area (Å²) in [7, 11) is 3.94. The summed E-state index contributed by atoms with van der Waals surface area (Å²) in [6.07, 6.45) is 4.21. The van der Waals surface area contributed by atoms with Gasteiger partial charge in [0.1, 0.15) is 5.75 Å². The summed E-state index contributed by atoms with van der Waals surface area (Å²) in [5.41, 5.74) is 3.72. The fourth-order valence-corrected chi connectivity index (χ4v) is 4.20. The van der Waals surface area contributed by atoms with Crippen LogP contribution in [0.1, 0.15) is 36.0 Å². The molecule has 1 N–H and O–H groups in total. The van der Waals surface area contributed by atoms with Crippen LogP contribution in [0.4, 0.5) is 0 Å². The van der Waals surface area contributed by atoms with Gasteiger partial charge in [-0.1, -0.05) is 36.1 Å². The molecule has 1 fully saturated rings. The summed E-state index contributed by atoms with van der Waals surface area (Å²) in [6.45, 7) is 5.80. The molecule has 2 aromatic rings. The number of nitrogens with zero attached hydrogens (tertiary/aromatic N) is 2. The van der Waals surface area contributed by atoms with Crippen LogP contribution in [0.5, 0.6) is 5.75 Å². The normalized spacial score (nSPS) is 15.0. The highest BCUT2D eigenvalue weighted by molar-refractivity contribution is 5.36. The Balaban J connectivity index is 1.35. The molecule has 0 atom stereocenters. The lowest BCUT2D eigenvalue weighted by Gasteiger charge is -2.34. The van der Waals surface area contributed by atoms with Gasteiger partial charge in [-0.15, -0.1) is 0 Å². The SMILES string of the molecule is COc1ccc(CCN2CCC(CN(C)Cc3ccc(C#CCCO)cc3)CC2)cc1. The van der Waals surface area contributed by atoms with E-state index >= 15 is 0 Å². The molecule has 0 saturated carbocycles. The fourth-order valence-electron chi connectivity index (χ4n) is 4.20. The van der Waals surface area contributed by atoms with Crippen LogP contribution in [0.15, 0.2) is 48.5 Å². The van der Waals surface area contributed by atoms with Crippen molar-refractivity contribution in [2.75, 3.05) is 46.9 Å². The van der Waals surface area contributed by atoms with E-state index in [1.807, 2.05) is 0 Å². The molecule has 0 radical (unpaired) electrons. The van der Waals surface area contributed by atoms with E-state index in [2.05, 4.69) is 77.2 Å². The van der Waals surface area contributed by atoms with Crippen molar-refractivity contribution in [1.29, 1.82) is 0 Å². The molecule has 0 aromatic heterocycles. The minimum absolute atomic E-state index is 0.122. The minimum atomic E-state index is 0.122. The van der Waals surface area contributed by atoms with Gasteiger partial charge in [-0.3, -0.25) is 0 Å². The van der Waals surface area contributed by atoms with Crippen LogP contribution in [0.25, 0.3) is 0 Å². The van der Waals surface area contributed by atoms with E-state index in [4.69, 9.17) is 9.84 Å². The van der Waals surface area contributed by atoms with Gasteiger partial charge in [0.2, 0.25) is 0 Å². The van der Waals surface area contributed by atoms with Gasteiger partial charge in [0, 0.05) is 31.6 Å². The van der Waals surface area contributed by atoms with Gasteiger partial charge < -0.3 is 19.6 Å². The molecule has 0 bridgehead atoms. The summed E-state index contributed by atoms with van der Waals surface area (Å²) < 4.78 is 5.24. The van der Waals surface area contributed by atoms with Crippen molar-refractivity contribution in [3.05, 3.63) is 65.2 Å². The Hall–Kier alpha value is -2.32. The van der Waals surface area contributed by atoms with Crippen LogP contribution >= 0.6 is 0 Å². The molecule has 0 amide bonds. The van der Waals surface area contributed by atoms with Gasteiger partial charge in [-0.05, 0) is 80.7 Å². The first-order valence-electron chi connectivity index (χ1n) is 11.4. The van der Waals surface area contributed by atoms with Crippen LogP contribution in [0, 0.1) is 17.8 Å². The Morgan fingerprint density at radius 1 is 1.03 bits per heavy atom. The van der Waals surface area contributed by atoms with Crippen LogP contribution in [0.2, 0.25) is 0 Å². The van der Waals surface area contributed by atoms with Gasteiger partial charge >= 0.3 is 0 Å². The molecule has 1 heterocycles. The second-order valence-electron chi connectivity index (χ2n) is 8.55. The topological polar surface area (TPSA) is 35.9 Å². The predicted molar refractivity (Wildman–Crippen MR) is 127 cm³/mol.